The van der Waals surface area contributed by atoms with Gasteiger partial charge in [0.05, 0.1) is 6.61 Å². The lowest BCUT2D eigenvalue weighted by molar-refractivity contribution is -0.120. The molecule has 1 amide bonds. The number of carbonyl (C=O) groups excluding carboxylic acids is 1. The summed E-state index contributed by atoms with van der Waals surface area (Å²) in [5, 5.41) is 2.75. The van der Waals surface area contributed by atoms with Crippen LogP contribution in [0.15, 0.2) is 24.3 Å². The van der Waals surface area contributed by atoms with E-state index >= 15 is 0 Å². The Kier molecular flexibility index (Phi) is 9.06. The van der Waals surface area contributed by atoms with E-state index in [0.717, 1.165) is 17.7 Å². The molecule has 0 aromatic heterocycles. The average Bonchev–Trinajstić information content (AvgIpc) is 2.36. The number of amides is 1. The lowest BCUT2D eigenvalue weighted by atomic mass is 10.1. The second-order valence-corrected chi connectivity index (χ2v) is 3.72. The molecule has 0 heterocycles. The van der Waals surface area contributed by atoms with Gasteiger partial charge in [-0.05, 0) is 31.0 Å². The van der Waals surface area contributed by atoms with Crippen molar-refractivity contribution in [2.45, 2.75) is 19.8 Å². The number of benzene rings is 1. The molecule has 0 unspecified atom stereocenters. The molecule has 0 aliphatic heterocycles. The predicted octanol–water partition coefficient (Wildman–Crippen LogP) is 1.51. The van der Waals surface area contributed by atoms with Crippen molar-refractivity contribution in [2.75, 3.05) is 19.7 Å². The Balaban J connectivity index is 0.00000289. The summed E-state index contributed by atoms with van der Waals surface area (Å²) in [5.41, 5.74) is 6.44. The molecular formula is C13H21ClN2O2. The molecule has 0 radical (unpaired) electrons. The summed E-state index contributed by atoms with van der Waals surface area (Å²) in [4.78, 5) is 11.4. The second-order valence-electron chi connectivity index (χ2n) is 3.72. The van der Waals surface area contributed by atoms with Gasteiger partial charge in [0.15, 0.2) is 0 Å². The number of ether oxygens (including phenoxy) is 1. The van der Waals surface area contributed by atoms with Gasteiger partial charge in [0, 0.05) is 19.5 Å². The molecule has 4 nitrogen and oxygen atoms in total. The SMILES string of the molecule is CCOc1ccc(CCC(=O)NCCN)cc1.Cl. The molecule has 0 saturated heterocycles. The summed E-state index contributed by atoms with van der Waals surface area (Å²) in [6.45, 7) is 3.65. The van der Waals surface area contributed by atoms with Crippen LogP contribution in [0.3, 0.4) is 0 Å². The van der Waals surface area contributed by atoms with Crippen LogP contribution < -0.4 is 15.8 Å². The van der Waals surface area contributed by atoms with Crippen molar-refractivity contribution in [1.82, 2.24) is 5.32 Å². The Hall–Kier alpha value is -1.26. The van der Waals surface area contributed by atoms with Crippen LogP contribution >= 0.6 is 12.4 Å². The summed E-state index contributed by atoms with van der Waals surface area (Å²) in [6.07, 6.45) is 1.23. The zero-order chi connectivity index (χ0) is 12.5. The molecule has 1 aromatic rings. The van der Waals surface area contributed by atoms with Gasteiger partial charge >= 0.3 is 0 Å². The van der Waals surface area contributed by atoms with E-state index in [1.807, 2.05) is 31.2 Å². The van der Waals surface area contributed by atoms with Gasteiger partial charge in [0.1, 0.15) is 5.75 Å². The third kappa shape index (κ3) is 6.47. The molecule has 5 heteroatoms. The van der Waals surface area contributed by atoms with E-state index in [0.29, 0.717) is 26.1 Å². The quantitative estimate of drug-likeness (QED) is 0.791. The highest BCUT2D eigenvalue weighted by Crippen LogP contribution is 2.13. The highest BCUT2D eigenvalue weighted by atomic mass is 35.5. The van der Waals surface area contributed by atoms with Gasteiger partial charge in [-0.2, -0.15) is 0 Å². The minimum Gasteiger partial charge on any atom is -0.494 e. The zero-order valence-corrected chi connectivity index (χ0v) is 11.5. The zero-order valence-electron chi connectivity index (χ0n) is 10.6. The van der Waals surface area contributed by atoms with Gasteiger partial charge in [0.25, 0.3) is 0 Å². The van der Waals surface area contributed by atoms with Gasteiger partial charge in [-0.1, -0.05) is 12.1 Å². The molecule has 0 atom stereocenters. The number of rotatable bonds is 7. The first kappa shape index (κ1) is 16.7. The van der Waals surface area contributed by atoms with Crippen molar-refractivity contribution in [3.8, 4) is 5.75 Å². The first-order valence-electron chi connectivity index (χ1n) is 5.94. The van der Waals surface area contributed by atoms with Crippen molar-refractivity contribution >= 4 is 18.3 Å². The second kappa shape index (κ2) is 9.74. The van der Waals surface area contributed by atoms with Crippen LogP contribution in [0.5, 0.6) is 5.75 Å². The van der Waals surface area contributed by atoms with E-state index < -0.39 is 0 Å². The van der Waals surface area contributed by atoms with Gasteiger partial charge < -0.3 is 15.8 Å². The van der Waals surface area contributed by atoms with Crippen LogP contribution in [0, 0.1) is 0 Å². The van der Waals surface area contributed by atoms with Crippen LogP contribution in [-0.4, -0.2) is 25.6 Å². The molecule has 1 aromatic carbocycles. The topological polar surface area (TPSA) is 64.3 Å². The number of hydrogen-bond acceptors (Lipinski definition) is 3. The number of carbonyl (C=O) groups is 1. The van der Waals surface area contributed by atoms with Crippen molar-refractivity contribution < 1.29 is 9.53 Å². The lowest BCUT2D eigenvalue weighted by Crippen LogP contribution is -2.29. The van der Waals surface area contributed by atoms with Crippen LogP contribution in [0.25, 0.3) is 0 Å². The van der Waals surface area contributed by atoms with E-state index in [2.05, 4.69) is 5.32 Å². The standard InChI is InChI=1S/C13H20N2O2.ClH/c1-2-17-12-6-3-11(4-7-12)5-8-13(16)15-10-9-14;/h3-4,6-7H,2,5,8-10,14H2,1H3,(H,15,16);1H. The molecule has 3 N–H and O–H groups in total. The van der Waals surface area contributed by atoms with Crippen molar-refractivity contribution in [3.05, 3.63) is 29.8 Å². The van der Waals surface area contributed by atoms with Crippen LogP contribution in [-0.2, 0) is 11.2 Å². The fourth-order valence-electron chi connectivity index (χ4n) is 1.48. The van der Waals surface area contributed by atoms with Gasteiger partial charge in [-0.25, -0.2) is 0 Å². The van der Waals surface area contributed by atoms with Crippen LogP contribution in [0.2, 0.25) is 0 Å². The number of nitrogens with one attached hydrogen (secondary N) is 1. The Morgan fingerprint density at radius 1 is 1.33 bits per heavy atom. The van der Waals surface area contributed by atoms with Gasteiger partial charge in [-0.3, -0.25) is 4.79 Å². The van der Waals surface area contributed by atoms with E-state index in [9.17, 15) is 4.79 Å². The summed E-state index contributed by atoms with van der Waals surface area (Å²) in [5.74, 6) is 0.910. The molecule has 0 aliphatic rings. The lowest BCUT2D eigenvalue weighted by Gasteiger charge is -2.05. The van der Waals surface area contributed by atoms with Crippen molar-refractivity contribution in [3.63, 3.8) is 0 Å². The molecule has 102 valence electrons. The fourth-order valence-corrected chi connectivity index (χ4v) is 1.48. The maximum absolute atomic E-state index is 11.4. The molecule has 1 rings (SSSR count). The third-order valence-corrected chi connectivity index (χ3v) is 2.34. The summed E-state index contributed by atoms with van der Waals surface area (Å²) < 4.78 is 5.35. The minimum absolute atomic E-state index is 0. The first-order valence-corrected chi connectivity index (χ1v) is 5.94. The monoisotopic (exact) mass is 272 g/mol. The number of aryl methyl sites for hydroxylation is 1. The largest absolute Gasteiger partial charge is 0.494 e. The first-order chi connectivity index (χ1) is 8.26. The molecule has 0 bridgehead atoms. The number of nitrogens with two attached hydrogens (primary N) is 1. The van der Waals surface area contributed by atoms with Crippen molar-refractivity contribution in [2.24, 2.45) is 5.73 Å². The Morgan fingerprint density at radius 3 is 2.56 bits per heavy atom. The number of halogens is 1. The van der Waals surface area contributed by atoms with E-state index in [1.54, 1.807) is 0 Å². The minimum atomic E-state index is 0. The molecule has 0 fully saturated rings. The predicted molar refractivity (Wildman–Crippen MR) is 75.2 cm³/mol. The molecule has 18 heavy (non-hydrogen) atoms. The van der Waals surface area contributed by atoms with E-state index in [1.165, 1.54) is 0 Å². The Morgan fingerprint density at radius 2 is 2.00 bits per heavy atom. The number of hydrogen-bond donors (Lipinski definition) is 2. The van der Waals surface area contributed by atoms with Crippen LogP contribution in [0.1, 0.15) is 18.9 Å². The third-order valence-electron chi connectivity index (χ3n) is 2.34. The van der Waals surface area contributed by atoms with Crippen molar-refractivity contribution in [1.29, 1.82) is 0 Å². The average molecular weight is 273 g/mol. The normalized spacial score (nSPS) is 9.44. The Bertz CT molecular complexity index is 341. The highest BCUT2D eigenvalue weighted by molar-refractivity contribution is 5.85. The summed E-state index contributed by atoms with van der Waals surface area (Å²) in [6, 6.07) is 7.83. The smallest absolute Gasteiger partial charge is 0.220 e. The molecular weight excluding hydrogens is 252 g/mol. The molecule has 0 spiro atoms. The summed E-state index contributed by atoms with van der Waals surface area (Å²) in [7, 11) is 0. The fraction of sp³-hybridized carbons (Fsp3) is 0.462. The molecule has 0 saturated carbocycles. The molecule has 0 aliphatic carbocycles. The maximum Gasteiger partial charge on any atom is 0.220 e. The van der Waals surface area contributed by atoms with E-state index in [4.69, 9.17) is 10.5 Å². The summed E-state index contributed by atoms with van der Waals surface area (Å²) >= 11 is 0. The highest BCUT2D eigenvalue weighted by Gasteiger charge is 2.01. The van der Waals surface area contributed by atoms with Gasteiger partial charge in [0.2, 0.25) is 5.91 Å². The van der Waals surface area contributed by atoms with Crippen LogP contribution in [0.4, 0.5) is 0 Å². The van der Waals surface area contributed by atoms with E-state index in [-0.39, 0.29) is 18.3 Å². The maximum atomic E-state index is 11.4. The van der Waals surface area contributed by atoms with Gasteiger partial charge in [-0.15, -0.1) is 12.4 Å². The Labute approximate surface area is 114 Å².